The molecule has 0 spiro atoms. The van der Waals surface area contributed by atoms with Crippen LogP contribution in [0.4, 0.5) is 0 Å². The van der Waals surface area contributed by atoms with Gasteiger partial charge in [-0.2, -0.15) is 16.7 Å². The molecule has 5 heteroatoms. The molecule has 1 saturated heterocycles. The zero-order chi connectivity index (χ0) is 10.7. The second kappa shape index (κ2) is 4.99. The van der Waals surface area contributed by atoms with Gasteiger partial charge in [-0.1, -0.05) is 12.1 Å². The Morgan fingerprint density at radius 1 is 1.60 bits per heavy atom. The molecule has 2 atom stereocenters. The highest BCUT2D eigenvalue weighted by molar-refractivity contribution is 7.98. The van der Waals surface area contributed by atoms with Crippen LogP contribution in [0.3, 0.4) is 0 Å². The zero-order valence-electron chi connectivity index (χ0n) is 9.10. The topological polar surface area (TPSA) is 48.2 Å². The zero-order valence-corrected chi connectivity index (χ0v) is 9.92. The van der Waals surface area contributed by atoms with E-state index in [0.29, 0.717) is 11.2 Å². The first kappa shape index (κ1) is 11.0. The molecule has 15 heavy (non-hydrogen) atoms. The highest BCUT2D eigenvalue weighted by Crippen LogP contribution is 2.30. The van der Waals surface area contributed by atoms with Crippen molar-refractivity contribution in [2.75, 3.05) is 19.5 Å². The molecule has 0 N–H and O–H groups in total. The van der Waals surface area contributed by atoms with Gasteiger partial charge in [0.2, 0.25) is 5.89 Å². The maximum atomic E-state index is 5.31. The van der Waals surface area contributed by atoms with Gasteiger partial charge < -0.3 is 9.26 Å². The monoisotopic (exact) mass is 228 g/mol. The third-order valence-corrected chi connectivity index (χ3v) is 3.79. The number of hydrogen-bond acceptors (Lipinski definition) is 5. The standard InChI is InChI=1S/C10H16N2O2S/c1-3-8(15-2)10-11-9(12-14-10)7-4-5-13-6-7/h7-8H,3-6H2,1-2H3/t7-,8-/m0/s1. The van der Waals surface area contributed by atoms with E-state index in [4.69, 9.17) is 9.26 Å². The Hall–Kier alpha value is -0.550. The van der Waals surface area contributed by atoms with Gasteiger partial charge in [0, 0.05) is 12.5 Å². The molecule has 1 aromatic rings. The minimum Gasteiger partial charge on any atom is -0.381 e. The first-order chi connectivity index (χ1) is 7.35. The van der Waals surface area contributed by atoms with Crippen molar-refractivity contribution in [1.29, 1.82) is 0 Å². The second-order valence-electron chi connectivity index (χ2n) is 3.68. The summed E-state index contributed by atoms with van der Waals surface area (Å²) in [6.07, 6.45) is 4.09. The van der Waals surface area contributed by atoms with E-state index >= 15 is 0 Å². The summed E-state index contributed by atoms with van der Waals surface area (Å²) in [6.45, 7) is 3.67. The molecule has 2 rings (SSSR count). The molecule has 84 valence electrons. The molecule has 2 heterocycles. The average Bonchev–Trinajstić information content (AvgIpc) is 2.89. The lowest BCUT2D eigenvalue weighted by atomic mass is 10.1. The largest absolute Gasteiger partial charge is 0.381 e. The van der Waals surface area contributed by atoms with E-state index in [9.17, 15) is 0 Å². The summed E-state index contributed by atoms with van der Waals surface area (Å²) in [5.41, 5.74) is 0. The first-order valence-corrected chi connectivity index (χ1v) is 6.58. The van der Waals surface area contributed by atoms with Crippen LogP contribution < -0.4 is 0 Å². The Balaban J connectivity index is 2.08. The van der Waals surface area contributed by atoms with Crippen LogP contribution in [0.2, 0.25) is 0 Å². The molecular formula is C10H16N2O2S. The van der Waals surface area contributed by atoms with Crippen molar-refractivity contribution in [3.8, 4) is 0 Å². The van der Waals surface area contributed by atoms with Gasteiger partial charge in [0.15, 0.2) is 5.82 Å². The molecule has 1 aliphatic heterocycles. The first-order valence-electron chi connectivity index (χ1n) is 5.29. The van der Waals surface area contributed by atoms with E-state index in [-0.39, 0.29) is 0 Å². The summed E-state index contributed by atoms with van der Waals surface area (Å²) in [7, 11) is 0. The Morgan fingerprint density at radius 3 is 3.07 bits per heavy atom. The molecule has 0 radical (unpaired) electrons. The van der Waals surface area contributed by atoms with Crippen molar-refractivity contribution in [2.24, 2.45) is 0 Å². The van der Waals surface area contributed by atoms with E-state index in [2.05, 4.69) is 23.3 Å². The van der Waals surface area contributed by atoms with E-state index in [1.54, 1.807) is 11.8 Å². The molecule has 0 bridgehead atoms. The Morgan fingerprint density at radius 2 is 2.47 bits per heavy atom. The van der Waals surface area contributed by atoms with Gasteiger partial charge in [0.1, 0.15) is 0 Å². The Labute approximate surface area is 93.8 Å². The predicted molar refractivity (Wildman–Crippen MR) is 59.0 cm³/mol. The van der Waals surface area contributed by atoms with Crippen molar-refractivity contribution >= 4 is 11.8 Å². The van der Waals surface area contributed by atoms with Crippen LogP contribution in [0.1, 0.15) is 42.6 Å². The number of aromatic nitrogens is 2. The fourth-order valence-electron chi connectivity index (χ4n) is 1.72. The van der Waals surface area contributed by atoms with Gasteiger partial charge in [0.05, 0.1) is 11.9 Å². The van der Waals surface area contributed by atoms with Crippen molar-refractivity contribution in [3.05, 3.63) is 11.7 Å². The minimum absolute atomic E-state index is 0.327. The summed E-state index contributed by atoms with van der Waals surface area (Å²) in [4.78, 5) is 4.46. The lowest BCUT2D eigenvalue weighted by molar-refractivity contribution is 0.192. The minimum atomic E-state index is 0.327. The summed E-state index contributed by atoms with van der Waals surface area (Å²) in [5.74, 6) is 1.91. The van der Waals surface area contributed by atoms with Crippen LogP contribution in [-0.2, 0) is 4.74 Å². The fraction of sp³-hybridized carbons (Fsp3) is 0.800. The molecule has 1 fully saturated rings. The number of ether oxygens (including phenoxy) is 1. The van der Waals surface area contributed by atoms with Gasteiger partial charge in [-0.05, 0) is 19.1 Å². The van der Waals surface area contributed by atoms with Gasteiger partial charge in [-0.15, -0.1) is 0 Å². The quantitative estimate of drug-likeness (QED) is 0.792. The van der Waals surface area contributed by atoms with Crippen LogP contribution in [0.15, 0.2) is 4.52 Å². The third kappa shape index (κ3) is 2.34. The van der Waals surface area contributed by atoms with Crippen molar-refractivity contribution < 1.29 is 9.26 Å². The van der Waals surface area contributed by atoms with Crippen molar-refractivity contribution in [2.45, 2.75) is 30.9 Å². The van der Waals surface area contributed by atoms with Gasteiger partial charge in [-0.25, -0.2) is 0 Å². The summed E-state index contributed by atoms with van der Waals surface area (Å²) < 4.78 is 10.6. The highest BCUT2D eigenvalue weighted by atomic mass is 32.2. The van der Waals surface area contributed by atoms with E-state index < -0.39 is 0 Å². The lowest BCUT2D eigenvalue weighted by Crippen LogP contribution is -2.00. The molecule has 1 aliphatic rings. The van der Waals surface area contributed by atoms with E-state index in [1.165, 1.54) is 0 Å². The van der Waals surface area contributed by atoms with Crippen LogP contribution in [0.5, 0.6) is 0 Å². The second-order valence-corrected chi connectivity index (χ2v) is 4.72. The molecule has 0 aliphatic carbocycles. The van der Waals surface area contributed by atoms with Crippen LogP contribution in [0, 0.1) is 0 Å². The smallest absolute Gasteiger partial charge is 0.239 e. The summed E-state index contributed by atoms with van der Waals surface area (Å²) >= 11 is 1.75. The van der Waals surface area contributed by atoms with Crippen LogP contribution in [0.25, 0.3) is 0 Å². The molecule has 0 saturated carbocycles. The third-order valence-electron chi connectivity index (χ3n) is 2.68. The lowest BCUT2D eigenvalue weighted by Gasteiger charge is -2.04. The SMILES string of the molecule is CC[C@H](SC)c1nc([C@H]2CCOC2)no1. The van der Waals surface area contributed by atoms with E-state index in [1.807, 2.05) is 0 Å². The molecule has 0 amide bonds. The number of rotatable bonds is 4. The normalized spacial score (nSPS) is 23.2. The predicted octanol–water partition coefficient (Wildman–Crippen LogP) is 2.39. The molecule has 1 aromatic heterocycles. The number of nitrogens with zero attached hydrogens (tertiary/aromatic N) is 2. The maximum absolute atomic E-state index is 5.31. The number of thioether (sulfide) groups is 1. The summed E-state index contributed by atoms with van der Waals surface area (Å²) in [6, 6.07) is 0. The molecule has 4 nitrogen and oxygen atoms in total. The van der Waals surface area contributed by atoms with Crippen LogP contribution in [-0.4, -0.2) is 29.6 Å². The number of hydrogen-bond donors (Lipinski definition) is 0. The Kier molecular flexibility index (Phi) is 3.64. The maximum Gasteiger partial charge on any atom is 0.239 e. The molecular weight excluding hydrogens is 212 g/mol. The van der Waals surface area contributed by atoms with E-state index in [0.717, 1.165) is 37.8 Å². The fourth-order valence-corrected chi connectivity index (χ4v) is 2.35. The summed E-state index contributed by atoms with van der Waals surface area (Å²) in [5, 5.41) is 4.36. The van der Waals surface area contributed by atoms with Crippen molar-refractivity contribution in [1.82, 2.24) is 10.1 Å². The molecule has 0 aromatic carbocycles. The average molecular weight is 228 g/mol. The van der Waals surface area contributed by atoms with Gasteiger partial charge in [-0.3, -0.25) is 0 Å². The van der Waals surface area contributed by atoms with Gasteiger partial charge in [0.25, 0.3) is 0 Å². The Bertz CT molecular complexity index is 290. The van der Waals surface area contributed by atoms with Crippen LogP contribution >= 0.6 is 11.8 Å². The molecule has 0 unspecified atom stereocenters. The highest BCUT2D eigenvalue weighted by Gasteiger charge is 2.24. The van der Waals surface area contributed by atoms with Gasteiger partial charge >= 0.3 is 0 Å². The van der Waals surface area contributed by atoms with Crippen molar-refractivity contribution in [3.63, 3.8) is 0 Å².